The molecule has 2 rings (SSSR count). The molecule has 0 aliphatic heterocycles. The van der Waals surface area contributed by atoms with Gasteiger partial charge in [0.05, 0.1) is 6.54 Å². The highest BCUT2D eigenvalue weighted by atomic mass is 19.1. The van der Waals surface area contributed by atoms with Crippen molar-refractivity contribution in [2.24, 2.45) is 0 Å². The molecule has 22 heavy (non-hydrogen) atoms. The summed E-state index contributed by atoms with van der Waals surface area (Å²) >= 11 is 0. The number of rotatable bonds is 4. The van der Waals surface area contributed by atoms with E-state index in [-0.39, 0.29) is 12.1 Å². The van der Waals surface area contributed by atoms with Crippen molar-refractivity contribution in [3.63, 3.8) is 0 Å². The maximum atomic E-state index is 13.1. The number of carbonyl (C=O) groups is 2. The molecule has 6 heteroatoms. The minimum atomic E-state index is -0.519. The monoisotopic (exact) mass is 304 g/mol. The van der Waals surface area contributed by atoms with Gasteiger partial charge in [-0.05, 0) is 42.5 Å². The van der Waals surface area contributed by atoms with Crippen LogP contribution in [0.4, 0.5) is 14.5 Å². The quantitative estimate of drug-likeness (QED) is 0.944. The third-order valence-corrected chi connectivity index (χ3v) is 2.93. The topological polar surface area (TPSA) is 49.4 Å². The lowest BCUT2D eigenvalue weighted by atomic mass is 10.2. The molecule has 0 aliphatic carbocycles. The molecule has 0 heterocycles. The van der Waals surface area contributed by atoms with Crippen LogP contribution in [-0.2, 0) is 4.79 Å². The Kier molecular flexibility index (Phi) is 4.83. The van der Waals surface area contributed by atoms with Gasteiger partial charge in [-0.2, -0.15) is 0 Å². The van der Waals surface area contributed by atoms with E-state index in [0.717, 1.165) is 6.07 Å². The number of hydrogen-bond acceptors (Lipinski definition) is 2. The summed E-state index contributed by atoms with van der Waals surface area (Å²) in [6, 6.07) is 10.5. The molecule has 0 atom stereocenters. The highest BCUT2D eigenvalue weighted by Gasteiger charge is 2.15. The van der Waals surface area contributed by atoms with E-state index < -0.39 is 23.4 Å². The summed E-state index contributed by atoms with van der Waals surface area (Å²) in [5.74, 6) is -1.82. The van der Waals surface area contributed by atoms with Gasteiger partial charge in [0.2, 0.25) is 5.91 Å². The summed E-state index contributed by atoms with van der Waals surface area (Å²) in [6.07, 6.45) is 0. The van der Waals surface area contributed by atoms with Gasteiger partial charge in [0.15, 0.2) is 0 Å². The largest absolute Gasteiger partial charge is 0.332 e. The minimum Gasteiger partial charge on any atom is -0.332 e. The molecule has 2 aromatic rings. The Hall–Kier alpha value is -2.76. The molecule has 1 N–H and O–H groups in total. The molecule has 0 saturated carbocycles. The number of benzene rings is 2. The lowest BCUT2D eigenvalue weighted by Gasteiger charge is -2.17. The number of nitrogens with zero attached hydrogens (tertiary/aromatic N) is 1. The third kappa shape index (κ3) is 4.12. The van der Waals surface area contributed by atoms with E-state index in [1.54, 1.807) is 0 Å². The van der Waals surface area contributed by atoms with E-state index in [2.05, 4.69) is 5.32 Å². The Morgan fingerprint density at radius 1 is 1.05 bits per heavy atom. The number of carbonyl (C=O) groups excluding carboxylic acids is 2. The van der Waals surface area contributed by atoms with E-state index in [1.807, 2.05) is 0 Å². The zero-order valence-electron chi connectivity index (χ0n) is 11.8. The molecule has 2 amide bonds. The van der Waals surface area contributed by atoms with Gasteiger partial charge < -0.3 is 10.2 Å². The van der Waals surface area contributed by atoms with Crippen LogP contribution in [-0.4, -0.2) is 30.3 Å². The maximum absolute atomic E-state index is 13.1. The lowest BCUT2D eigenvalue weighted by molar-refractivity contribution is -0.116. The molecule has 0 aliphatic rings. The summed E-state index contributed by atoms with van der Waals surface area (Å²) in [7, 11) is 1.44. The molecule has 0 unspecified atom stereocenters. The van der Waals surface area contributed by atoms with Gasteiger partial charge in [-0.3, -0.25) is 9.59 Å². The Balaban J connectivity index is 1.96. The van der Waals surface area contributed by atoms with Crippen molar-refractivity contribution in [2.75, 3.05) is 18.9 Å². The predicted octanol–water partition coefficient (Wildman–Crippen LogP) is 2.68. The number of nitrogens with one attached hydrogen (secondary N) is 1. The van der Waals surface area contributed by atoms with Crippen LogP contribution in [0.1, 0.15) is 10.4 Å². The van der Waals surface area contributed by atoms with Crippen molar-refractivity contribution in [3.8, 4) is 0 Å². The predicted molar refractivity (Wildman–Crippen MR) is 78.4 cm³/mol. The normalized spacial score (nSPS) is 10.1. The number of likely N-dealkylation sites (N-methyl/N-ethyl adjacent to an activating group) is 1. The van der Waals surface area contributed by atoms with Crippen LogP contribution in [0.3, 0.4) is 0 Å². The Morgan fingerprint density at radius 2 is 1.73 bits per heavy atom. The van der Waals surface area contributed by atoms with E-state index in [4.69, 9.17) is 0 Å². The minimum absolute atomic E-state index is 0.164. The van der Waals surface area contributed by atoms with Crippen LogP contribution >= 0.6 is 0 Å². The number of amides is 2. The molecular weight excluding hydrogens is 290 g/mol. The smallest absolute Gasteiger partial charge is 0.254 e. The van der Waals surface area contributed by atoms with Crippen molar-refractivity contribution < 1.29 is 18.4 Å². The van der Waals surface area contributed by atoms with Crippen molar-refractivity contribution in [1.29, 1.82) is 0 Å². The van der Waals surface area contributed by atoms with Crippen LogP contribution in [0.2, 0.25) is 0 Å². The molecule has 114 valence electrons. The van der Waals surface area contributed by atoms with Crippen molar-refractivity contribution in [3.05, 3.63) is 65.7 Å². The average Bonchev–Trinajstić information content (AvgIpc) is 2.48. The van der Waals surface area contributed by atoms with Crippen LogP contribution in [0.25, 0.3) is 0 Å². The molecular formula is C16H14F2N2O2. The Bertz CT molecular complexity index is 687. The second-order valence-electron chi connectivity index (χ2n) is 4.73. The molecule has 0 saturated heterocycles. The number of anilines is 1. The molecule has 0 aromatic heterocycles. The van der Waals surface area contributed by atoms with Crippen LogP contribution in [0.5, 0.6) is 0 Å². The first-order valence-electron chi connectivity index (χ1n) is 6.52. The Morgan fingerprint density at radius 3 is 2.36 bits per heavy atom. The molecule has 0 radical (unpaired) electrons. The van der Waals surface area contributed by atoms with E-state index in [9.17, 15) is 18.4 Å². The standard InChI is InChI=1S/C16H14F2N2O2/c1-20(16(22)11-3-2-4-13(18)9-11)10-15(21)19-14-7-5-12(17)6-8-14/h2-9H,10H2,1H3,(H,19,21). The zero-order valence-corrected chi connectivity index (χ0v) is 11.8. The number of hydrogen-bond donors (Lipinski definition) is 1. The fourth-order valence-corrected chi connectivity index (χ4v) is 1.86. The first-order valence-corrected chi connectivity index (χ1v) is 6.52. The van der Waals surface area contributed by atoms with Gasteiger partial charge in [0.25, 0.3) is 5.91 Å². The zero-order chi connectivity index (χ0) is 16.1. The summed E-state index contributed by atoms with van der Waals surface area (Å²) < 4.78 is 25.9. The molecule has 0 bridgehead atoms. The van der Waals surface area contributed by atoms with Gasteiger partial charge in [-0.15, -0.1) is 0 Å². The van der Waals surface area contributed by atoms with E-state index in [0.29, 0.717) is 5.69 Å². The highest BCUT2D eigenvalue weighted by molar-refractivity contribution is 5.99. The second-order valence-corrected chi connectivity index (χ2v) is 4.73. The fourth-order valence-electron chi connectivity index (χ4n) is 1.86. The summed E-state index contributed by atoms with van der Waals surface area (Å²) in [5, 5.41) is 2.54. The molecule has 4 nitrogen and oxygen atoms in total. The van der Waals surface area contributed by atoms with E-state index >= 15 is 0 Å². The van der Waals surface area contributed by atoms with Crippen molar-refractivity contribution in [2.45, 2.75) is 0 Å². The van der Waals surface area contributed by atoms with Gasteiger partial charge in [0.1, 0.15) is 11.6 Å². The molecule has 0 spiro atoms. The van der Waals surface area contributed by atoms with Crippen molar-refractivity contribution in [1.82, 2.24) is 4.90 Å². The second kappa shape index (κ2) is 6.80. The molecule has 0 fully saturated rings. The first-order chi connectivity index (χ1) is 10.5. The maximum Gasteiger partial charge on any atom is 0.254 e. The van der Waals surface area contributed by atoms with Crippen molar-refractivity contribution >= 4 is 17.5 Å². The SMILES string of the molecule is CN(CC(=O)Nc1ccc(F)cc1)C(=O)c1cccc(F)c1. The highest BCUT2D eigenvalue weighted by Crippen LogP contribution is 2.09. The summed E-state index contributed by atoms with van der Waals surface area (Å²) in [6.45, 7) is -0.202. The van der Waals surface area contributed by atoms with Crippen LogP contribution in [0.15, 0.2) is 48.5 Å². The fraction of sp³-hybridized carbons (Fsp3) is 0.125. The number of halogens is 2. The van der Waals surface area contributed by atoms with Crippen LogP contribution < -0.4 is 5.32 Å². The summed E-state index contributed by atoms with van der Waals surface area (Å²) in [4.78, 5) is 25.1. The van der Waals surface area contributed by atoms with Crippen LogP contribution in [0, 0.1) is 11.6 Å². The molecule has 2 aromatic carbocycles. The Labute approximate surface area is 126 Å². The summed E-state index contributed by atoms with van der Waals surface area (Å²) in [5.41, 5.74) is 0.593. The van der Waals surface area contributed by atoms with Gasteiger partial charge in [-0.1, -0.05) is 6.07 Å². The van der Waals surface area contributed by atoms with E-state index in [1.165, 1.54) is 54.4 Å². The first kappa shape index (κ1) is 15.6. The third-order valence-electron chi connectivity index (χ3n) is 2.93. The van der Waals surface area contributed by atoms with Gasteiger partial charge >= 0.3 is 0 Å². The lowest BCUT2D eigenvalue weighted by Crippen LogP contribution is -2.34. The van der Waals surface area contributed by atoms with Gasteiger partial charge in [0, 0.05) is 18.3 Å². The van der Waals surface area contributed by atoms with Gasteiger partial charge in [-0.25, -0.2) is 8.78 Å². The average molecular weight is 304 g/mol.